The Balaban J connectivity index is 0.00000378. The van der Waals surface area contributed by atoms with Gasteiger partial charge in [-0.1, -0.05) is 43.9 Å². The Labute approximate surface area is 509 Å². The average Bonchev–Trinajstić information content (AvgIpc) is 3.73. The Hall–Kier alpha value is 0.180. The Morgan fingerprint density at radius 2 is 1.29 bits per heavy atom. The molecule has 0 bridgehead atoms. The van der Waals surface area contributed by atoms with E-state index in [1.54, 1.807) is 25.2 Å². The van der Waals surface area contributed by atoms with E-state index in [1.165, 1.54) is 6.92 Å². The van der Waals surface area contributed by atoms with Gasteiger partial charge in [0.15, 0.2) is 5.79 Å². The van der Waals surface area contributed by atoms with Gasteiger partial charge >= 0.3 is 59.1 Å². The second kappa shape index (κ2) is 23.4. The van der Waals surface area contributed by atoms with E-state index < -0.39 is 129 Å². The molecule has 0 aliphatic carbocycles. The van der Waals surface area contributed by atoms with E-state index in [1.807, 2.05) is 6.92 Å². The molecule has 0 amide bonds. The van der Waals surface area contributed by atoms with Crippen LogP contribution in [-0.2, 0) is 81.3 Å². The molecule has 0 unspecified atom stereocenters. The quantitative estimate of drug-likeness (QED) is 0.0759. The number of hydrogen-bond acceptors (Lipinski definition) is 21. The SMILES string of the molecule is C=CCC(=C)/C=C/[C@@](C)(O)[C@H]1O[C@@H]2C[C@@H]3O[C@@H]4C[C@@H]5O[C@@H]6C[C@@H]7O[C@@H]8C[C@@H]9O[C@@H]%10C[C@@H]%11O[C@](C)(OS(=O)(=O)[O-])[C@@H](CCOS(=O)(=O)[O-])C[C@H]%11O[C@H]%10C[C@H]9O[C@H]8CC[C@@]7(C)O[C@@]6(C)C[C@H](C)[C@H]5O[C@H]4[C@@H](O)[C@@]3(C)O[C@H]2CC1=C.[Na+].[Na+]. The summed E-state index contributed by atoms with van der Waals surface area (Å²) in [4.78, 5) is 0. The maximum absolute atomic E-state index is 12.3. The zero-order valence-corrected chi connectivity index (χ0v) is 52.5. The fourth-order valence-electron chi connectivity index (χ4n) is 15.4. The summed E-state index contributed by atoms with van der Waals surface area (Å²) < 4.78 is 154. The molecule has 11 aliphatic heterocycles. The monoisotopic (exact) mass is 1170 g/mol. The van der Waals surface area contributed by atoms with Crippen LogP contribution >= 0.6 is 0 Å². The molecule has 0 spiro atoms. The van der Waals surface area contributed by atoms with Gasteiger partial charge in [0.25, 0.3) is 0 Å². The molecular weight excluding hydrogens is 1090 g/mol. The van der Waals surface area contributed by atoms with E-state index in [2.05, 4.69) is 44.7 Å². The first-order chi connectivity index (χ1) is 36.0. The van der Waals surface area contributed by atoms with Crippen LogP contribution in [0.5, 0.6) is 0 Å². The standard InChI is InChI=1S/C54H80O21S2.2Na/c1-10-11-27(2)12-15-50(5,56)49-28(3)18-39-38(70-49)24-45-53(8,72-39)48(55)47-42(69-45)23-41-46(71-47)29(4)26-52(7)44(68-41)25-43-51(6,74-52)16-13-31-33(67-43)20-35-34(64-31)21-36-37(66-35)22-40-32(65-36)19-30(14-17-63-76(57,58)59)54(9,73-40)75-77(60,61)62;;/h10,12,15,29-49,55-56H,1-3,11,13-14,16-26H2,4-9H3,(H,57,58,59)(H,60,61,62);;/q;2*+1/p-2/b15-12+;;/t29-,30-,31-,32+,33+,34+,35-,36-,37+,38+,39-,40-,41-,42+,43-,44+,45-,46+,47+,48+,49-,50+,51+,52-,53-,54+;;/m0../s1. The van der Waals surface area contributed by atoms with Crippen LogP contribution in [0, 0.1) is 11.8 Å². The van der Waals surface area contributed by atoms with Gasteiger partial charge in [-0.3, -0.25) is 4.18 Å². The van der Waals surface area contributed by atoms with Crippen LogP contribution in [0.3, 0.4) is 0 Å². The maximum atomic E-state index is 12.3. The van der Waals surface area contributed by atoms with Gasteiger partial charge in [-0.2, -0.15) is 0 Å². The minimum atomic E-state index is -5.27. The molecule has 2 N–H and O–H groups in total. The Bertz CT molecular complexity index is 2540. The first-order valence-corrected chi connectivity index (χ1v) is 30.3. The Kier molecular flexibility index (Phi) is 18.8. The second-order valence-electron chi connectivity index (χ2n) is 25.1. The van der Waals surface area contributed by atoms with Crippen molar-refractivity contribution in [2.75, 3.05) is 6.61 Å². The van der Waals surface area contributed by atoms with Crippen LogP contribution in [0.4, 0.5) is 0 Å². The van der Waals surface area contributed by atoms with Crippen molar-refractivity contribution in [1.82, 2.24) is 0 Å². The van der Waals surface area contributed by atoms with Gasteiger partial charge in [0.1, 0.15) is 29.5 Å². The normalized spacial score (nSPS) is 50.1. The molecule has 11 heterocycles. The van der Waals surface area contributed by atoms with Gasteiger partial charge in [0, 0.05) is 44.4 Å². The third kappa shape index (κ3) is 12.7. The first kappa shape index (κ1) is 63.7. The van der Waals surface area contributed by atoms with E-state index in [0.29, 0.717) is 76.2 Å². The summed E-state index contributed by atoms with van der Waals surface area (Å²) in [6, 6.07) is 0. The predicted octanol–water partition coefficient (Wildman–Crippen LogP) is -1.80. The minimum absolute atomic E-state index is 0. The van der Waals surface area contributed by atoms with Crippen LogP contribution in [0.2, 0.25) is 0 Å². The topological polar surface area (TPSA) is 275 Å². The summed E-state index contributed by atoms with van der Waals surface area (Å²) in [7, 11) is -10.3. The van der Waals surface area contributed by atoms with Crippen molar-refractivity contribution in [3.63, 3.8) is 0 Å². The molecule has 434 valence electrons. The number of fused-ring (bicyclic) bond motifs is 10. The molecule has 0 aromatic rings. The van der Waals surface area contributed by atoms with Crippen molar-refractivity contribution < 1.29 is 156 Å². The van der Waals surface area contributed by atoms with Gasteiger partial charge < -0.3 is 71.4 Å². The molecule has 0 aromatic heterocycles. The molecule has 25 heteroatoms. The first-order valence-electron chi connectivity index (χ1n) is 27.7. The van der Waals surface area contributed by atoms with E-state index in [4.69, 9.17) is 56.3 Å². The summed E-state index contributed by atoms with van der Waals surface area (Å²) in [6.07, 6.45) is 1.85. The van der Waals surface area contributed by atoms with E-state index in [9.17, 15) is 36.2 Å². The van der Waals surface area contributed by atoms with Crippen LogP contribution in [0.1, 0.15) is 125 Å². The molecule has 11 saturated heterocycles. The summed E-state index contributed by atoms with van der Waals surface area (Å²) in [5.74, 6) is -2.89. The Morgan fingerprint density at radius 3 is 1.95 bits per heavy atom. The van der Waals surface area contributed by atoms with E-state index >= 15 is 0 Å². The third-order valence-corrected chi connectivity index (χ3v) is 20.2. The fourth-order valence-corrected chi connectivity index (χ4v) is 16.3. The molecule has 26 atom stereocenters. The average molecular weight is 1170 g/mol. The van der Waals surface area contributed by atoms with E-state index in [-0.39, 0.29) is 127 Å². The van der Waals surface area contributed by atoms with Crippen LogP contribution in [-0.4, -0.2) is 187 Å². The van der Waals surface area contributed by atoms with Crippen LogP contribution in [0.15, 0.2) is 49.1 Å². The van der Waals surface area contributed by atoms with Crippen molar-refractivity contribution in [2.45, 2.75) is 269 Å². The predicted molar refractivity (Wildman–Crippen MR) is 267 cm³/mol. The van der Waals surface area contributed by atoms with Gasteiger partial charge in [0.2, 0.25) is 20.8 Å². The van der Waals surface area contributed by atoms with E-state index in [0.717, 1.165) is 5.57 Å². The molecule has 11 aliphatic rings. The Morgan fingerprint density at radius 1 is 0.722 bits per heavy atom. The molecule has 11 rings (SSSR count). The number of hydrogen-bond donors (Lipinski definition) is 2. The molecule has 0 saturated carbocycles. The largest absolute Gasteiger partial charge is 1.00 e. The molecule has 79 heavy (non-hydrogen) atoms. The second-order valence-corrected chi connectivity index (χ2v) is 27.1. The maximum Gasteiger partial charge on any atom is 1.00 e. The number of rotatable bonds is 11. The molecule has 0 aromatic carbocycles. The van der Waals surface area contributed by atoms with Crippen molar-refractivity contribution in [1.29, 1.82) is 0 Å². The van der Waals surface area contributed by atoms with Gasteiger partial charge in [0.05, 0.1) is 115 Å². The molecule has 11 fully saturated rings. The summed E-state index contributed by atoms with van der Waals surface area (Å²) >= 11 is 0. The number of aliphatic hydroxyl groups is 2. The van der Waals surface area contributed by atoms with Gasteiger partial charge in [-0.05, 0) is 91.1 Å². The van der Waals surface area contributed by atoms with Gasteiger partial charge in [-0.15, -0.1) is 6.58 Å². The number of ether oxygens (including phenoxy) is 11. The van der Waals surface area contributed by atoms with Crippen LogP contribution < -0.4 is 59.1 Å². The summed E-state index contributed by atoms with van der Waals surface area (Å²) in [5, 5.41) is 23.9. The van der Waals surface area contributed by atoms with Gasteiger partial charge in [-0.25, -0.2) is 21.0 Å². The fraction of sp³-hybridized carbons (Fsp3) is 0.852. The smallest absolute Gasteiger partial charge is 0.726 e. The summed E-state index contributed by atoms with van der Waals surface area (Å²) in [6.45, 7) is 22.8. The minimum Gasteiger partial charge on any atom is -0.726 e. The zero-order valence-electron chi connectivity index (χ0n) is 46.8. The van der Waals surface area contributed by atoms with Crippen molar-refractivity contribution in [3.05, 3.63) is 49.1 Å². The number of aliphatic hydroxyl groups excluding tert-OH is 1. The number of allylic oxidation sites excluding steroid dienone is 3. The molecule has 0 radical (unpaired) electrons. The third-order valence-electron chi connectivity index (χ3n) is 19.2. The van der Waals surface area contributed by atoms with Crippen molar-refractivity contribution in [2.24, 2.45) is 11.8 Å². The molecule has 21 nitrogen and oxygen atoms in total. The van der Waals surface area contributed by atoms with Crippen molar-refractivity contribution in [3.8, 4) is 0 Å². The molecular formula is C54H78Na2O21S2. The zero-order chi connectivity index (χ0) is 55.0. The summed E-state index contributed by atoms with van der Waals surface area (Å²) in [5.41, 5.74) is -2.35. The van der Waals surface area contributed by atoms with Crippen LogP contribution in [0.25, 0.3) is 0 Å². The van der Waals surface area contributed by atoms with Crippen molar-refractivity contribution >= 4 is 20.8 Å².